The molecule has 2 aliphatic heterocycles. The van der Waals surface area contributed by atoms with Crippen LogP contribution in [0.4, 0.5) is 0 Å². The zero-order valence-electron chi connectivity index (χ0n) is 13.0. The van der Waals surface area contributed by atoms with Gasteiger partial charge in [0.2, 0.25) is 0 Å². The summed E-state index contributed by atoms with van der Waals surface area (Å²) in [5.74, 6) is 2.07. The van der Waals surface area contributed by atoms with E-state index in [4.69, 9.17) is 9.47 Å². The van der Waals surface area contributed by atoms with Gasteiger partial charge in [0, 0.05) is 16.9 Å². The van der Waals surface area contributed by atoms with Gasteiger partial charge in [-0.05, 0) is 31.2 Å². The monoisotopic (exact) mass is 288 g/mol. The van der Waals surface area contributed by atoms with Gasteiger partial charge in [0.25, 0.3) is 0 Å². The minimum atomic E-state index is -0.197. The SMILES string of the molecule is C[C@@H]1[C@H]2[C@@H]3OC[C@]1(CO)[C@@H](C)C[C@]2(C)Oc1ccccc13. The van der Waals surface area contributed by atoms with Crippen LogP contribution in [-0.4, -0.2) is 23.9 Å². The largest absolute Gasteiger partial charge is 0.487 e. The number of hydrogen-bond acceptors (Lipinski definition) is 3. The van der Waals surface area contributed by atoms with E-state index in [1.54, 1.807) is 0 Å². The first-order valence-corrected chi connectivity index (χ1v) is 8.02. The molecule has 2 bridgehead atoms. The van der Waals surface area contributed by atoms with Crippen LogP contribution in [0.1, 0.15) is 38.9 Å². The lowest BCUT2D eigenvalue weighted by Gasteiger charge is -2.63. The van der Waals surface area contributed by atoms with Crippen molar-refractivity contribution >= 4 is 0 Å². The van der Waals surface area contributed by atoms with Crippen molar-refractivity contribution in [1.82, 2.24) is 0 Å². The molecule has 1 aliphatic carbocycles. The number of ether oxygens (including phenoxy) is 2. The Balaban J connectivity index is 1.87. The molecule has 3 aliphatic rings. The predicted molar refractivity (Wildman–Crippen MR) is 80.1 cm³/mol. The van der Waals surface area contributed by atoms with Crippen molar-refractivity contribution in [2.45, 2.75) is 38.9 Å². The van der Waals surface area contributed by atoms with Crippen molar-refractivity contribution in [2.75, 3.05) is 13.2 Å². The summed E-state index contributed by atoms with van der Waals surface area (Å²) in [6, 6.07) is 8.26. The van der Waals surface area contributed by atoms with Gasteiger partial charge in [-0.15, -0.1) is 0 Å². The molecule has 0 unspecified atom stereocenters. The number of benzene rings is 1. The molecule has 21 heavy (non-hydrogen) atoms. The van der Waals surface area contributed by atoms with Crippen LogP contribution in [-0.2, 0) is 4.74 Å². The first-order valence-electron chi connectivity index (χ1n) is 8.02. The Kier molecular flexibility index (Phi) is 2.74. The average Bonchev–Trinajstić information content (AvgIpc) is 2.46. The van der Waals surface area contributed by atoms with Crippen molar-refractivity contribution in [2.24, 2.45) is 23.2 Å². The molecule has 114 valence electrons. The minimum absolute atomic E-state index is 0.0992. The number of aliphatic hydroxyl groups excluding tert-OH is 1. The molecule has 1 N–H and O–H groups in total. The summed E-state index contributed by atoms with van der Waals surface area (Å²) in [6.07, 6.45) is 1.08. The fourth-order valence-electron chi connectivity index (χ4n) is 5.29. The summed E-state index contributed by atoms with van der Waals surface area (Å²) in [4.78, 5) is 0. The third-order valence-electron chi connectivity index (χ3n) is 6.56. The van der Waals surface area contributed by atoms with E-state index >= 15 is 0 Å². The molecule has 0 aromatic heterocycles. The van der Waals surface area contributed by atoms with Crippen molar-refractivity contribution < 1.29 is 14.6 Å². The minimum Gasteiger partial charge on any atom is -0.487 e. The summed E-state index contributed by atoms with van der Waals surface area (Å²) >= 11 is 0. The molecule has 0 amide bonds. The average molecular weight is 288 g/mol. The lowest BCUT2D eigenvalue weighted by Crippen LogP contribution is -2.65. The van der Waals surface area contributed by atoms with Gasteiger partial charge in [-0.1, -0.05) is 32.0 Å². The van der Waals surface area contributed by atoms with Crippen LogP contribution in [0, 0.1) is 23.2 Å². The third kappa shape index (κ3) is 1.56. The second kappa shape index (κ2) is 4.23. The second-order valence-electron chi connectivity index (χ2n) is 7.50. The Morgan fingerprint density at radius 2 is 2.05 bits per heavy atom. The van der Waals surface area contributed by atoms with E-state index in [1.165, 1.54) is 5.56 Å². The number of fused-ring (bicyclic) bond motifs is 3. The van der Waals surface area contributed by atoms with Gasteiger partial charge in [-0.25, -0.2) is 0 Å². The van der Waals surface area contributed by atoms with Gasteiger partial charge < -0.3 is 14.6 Å². The zero-order chi connectivity index (χ0) is 14.8. The predicted octanol–water partition coefficient (Wildman–Crippen LogP) is 3.18. The maximum Gasteiger partial charge on any atom is 0.125 e. The van der Waals surface area contributed by atoms with E-state index in [-0.39, 0.29) is 23.7 Å². The van der Waals surface area contributed by atoms with Crippen molar-refractivity contribution in [3.63, 3.8) is 0 Å². The molecule has 1 saturated carbocycles. The quantitative estimate of drug-likeness (QED) is 0.862. The Hall–Kier alpha value is -1.06. The summed E-state index contributed by atoms with van der Waals surface area (Å²) in [5, 5.41) is 10.1. The molecular formula is C18H24O3. The molecule has 6 atom stereocenters. The molecular weight excluding hydrogens is 264 g/mol. The molecule has 1 saturated heterocycles. The number of para-hydroxylation sites is 1. The summed E-state index contributed by atoms with van der Waals surface area (Å²) in [5.41, 5.74) is 0.862. The van der Waals surface area contributed by atoms with Gasteiger partial charge in [0.05, 0.1) is 19.3 Å². The lowest BCUT2D eigenvalue weighted by molar-refractivity contribution is -0.260. The van der Waals surface area contributed by atoms with Crippen LogP contribution in [0.2, 0.25) is 0 Å². The van der Waals surface area contributed by atoms with Gasteiger partial charge in [0.1, 0.15) is 11.4 Å². The molecule has 2 fully saturated rings. The Morgan fingerprint density at radius 3 is 2.81 bits per heavy atom. The summed E-state index contributed by atoms with van der Waals surface area (Å²) in [6.45, 7) is 7.60. The fourth-order valence-corrected chi connectivity index (χ4v) is 5.29. The van der Waals surface area contributed by atoms with Crippen LogP contribution in [0.25, 0.3) is 0 Å². The van der Waals surface area contributed by atoms with E-state index in [1.807, 2.05) is 6.07 Å². The third-order valence-corrected chi connectivity index (χ3v) is 6.56. The molecule has 0 spiro atoms. The van der Waals surface area contributed by atoms with E-state index in [9.17, 15) is 5.11 Å². The maximum atomic E-state index is 10.1. The summed E-state index contributed by atoms with van der Waals surface area (Å²) in [7, 11) is 0. The van der Waals surface area contributed by atoms with E-state index < -0.39 is 0 Å². The normalized spacial score (nSPS) is 47.4. The second-order valence-corrected chi connectivity index (χ2v) is 7.50. The fraction of sp³-hybridized carbons (Fsp3) is 0.667. The highest BCUT2D eigenvalue weighted by molar-refractivity contribution is 5.40. The molecule has 1 aromatic carbocycles. The highest BCUT2D eigenvalue weighted by Crippen LogP contribution is 2.63. The first-order chi connectivity index (χ1) is 10.0. The number of rotatable bonds is 1. The van der Waals surface area contributed by atoms with Gasteiger partial charge in [-0.3, -0.25) is 0 Å². The first kappa shape index (κ1) is 13.6. The molecule has 3 nitrogen and oxygen atoms in total. The van der Waals surface area contributed by atoms with Crippen LogP contribution in [0.3, 0.4) is 0 Å². The molecule has 4 rings (SSSR count). The maximum absolute atomic E-state index is 10.1. The zero-order valence-corrected chi connectivity index (χ0v) is 13.0. The lowest BCUT2D eigenvalue weighted by atomic mass is 9.50. The van der Waals surface area contributed by atoms with Gasteiger partial charge in [-0.2, -0.15) is 0 Å². The number of hydrogen-bond donors (Lipinski definition) is 1. The Bertz CT molecular complexity index is 571. The van der Waals surface area contributed by atoms with Gasteiger partial charge >= 0.3 is 0 Å². The van der Waals surface area contributed by atoms with E-state index in [2.05, 4.69) is 39.0 Å². The van der Waals surface area contributed by atoms with Crippen LogP contribution in [0.15, 0.2) is 24.3 Å². The number of aliphatic hydroxyl groups is 1. The molecule has 3 heteroatoms. The Labute approximate surface area is 126 Å². The molecule has 0 radical (unpaired) electrons. The van der Waals surface area contributed by atoms with Crippen molar-refractivity contribution in [3.05, 3.63) is 29.8 Å². The van der Waals surface area contributed by atoms with Crippen molar-refractivity contribution in [1.29, 1.82) is 0 Å². The van der Waals surface area contributed by atoms with E-state index in [0.29, 0.717) is 24.4 Å². The smallest absolute Gasteiger partial charge is 0.125 e. The summed E-state index contributed by atoms with van der Waals surface area (Å²) < 4.78 is 12.7. The molecule has 1 aromatic rings. The highest BCUT2D eigenvalue weighted by atomic mass is 16.5. The molecule has 2 heterocycles. The topological polar surface area (TPSA) is 38.7 Å². The highest BCUT2D eigenvalue weighted by Gasteiger charge is 2.64. The van der Waals surface area contributed by atoms with Crippen LogP contribution in [0.5, 0.6) is 5.75 Å². The Morgan fingerprint density at radius 1 is 1.29 bits per heavy atom. The van der Waals surface area contributed by atoms with Crippen LogP contribution < -0.4 is 4.74 Å². The van der Waals surface area contributed by atoms with E-state index in [0.717, 1.165) is 12.2 Å². The van der Waals surface area contributed by atoms with Crippen LogP contribution >= 0.6 is 0 Å². The van der Waals surface area contributed by atoms with Crippen molar-refractivity contribution in [3.8, 4) is 5.75 Å². The standard InChI is InChI=1S/C18H24O3/c1-11-8-17(3)15-12(2)18(11,9-19)10-20-16(15)13-6-4-5-7-14(13)21-17/h4-7,11-12,15-16,19H,8-10H2,1-3H3/t11-,12+,15-,16+,17-,18+/m0/s1. The van der Waals surface area contributed by atoms with Gasteiger partial charge in [0.15, 0.2) is 0 Å².